The second-order valence-corrected chi connectivity index (χ2v) is 8.86. The lowest BCUT2D eigenvalue weighted by molar-refractivity contribution is 0.0185. The van der Waals surface area contributed by atoms with Gasteiger partial charge in [-0.05, 0) is 66.1 Å². The molecular weight excluding hydrogens is 402 g/mol. The Balaban J connectivity index is 1.59. The Morgan fingerprint density at radius 2 is 1.73 bits per heavy atom. The molecule has 0 radical (unpaired) electrons. The van der Waals surface area contributed by atoms with Crippen LogP contribution in [0.1, 0.15) is 36.6 Å². The third-order valence-electron chi connectivity index (χ3n) is 5.96. The van der Waals surface area contributed by atoms with Gasteiger partial charge in [0.25, 0.3) is 0 Å². The fourth-order valence-electron chi connectivity index (χ4n) is 4.39. The van der Waals surface area contributed by atoms with E-state index < -0.39 is 11.6 Å². The third kappa shape index (κ3) is 4.26. The normalized spacial score (nSPS) is 21.6. The quantitative estimate of drug-likeness (QED) is 0.588. The van der Waals surface area contributed by atoms with Gasteiger partial charge in [-0.25, -0.2) is 8.78 Å². The molecular formula is C24H26F2N2OS. The van der Waals surface area contributed by atoms with Crippen LogP contribution in [0, 0.1) is 11.6 Å². The minimum atomic E-state index is -0.492. The number of aromatic hydroxyl groups is 1. The number of phenols is 1. The van der Waals surface area contributed by atoms with E-state index in [1.54, 1.807) is 17.4 Å². The Morgan fingerprint density at radius 3 is 2.40 bits per heavy atom. The highest BCUT2D eigenvalue weighted by molar-refractivity contribution is 7.08. The molecule has 1 N–H and O–H groups in total. The molecule has 158 valence electrons. The molecule has 0 bridgehead atoms. The van der Waals surface area contributed by atoms with Crippen LogP contribution in [0.2, 0.25) is 0 Å². The predicted octanol–water partition coefficient (Wildman–Crippen LogP) is 5.42. The van der Waals surface area contributed by atoms with Crippen LogP contribution in [0.25, 0.3) is 0 Å². The fraction of sp³-hybridized carbons (Fsp3) is 0.333. The number of hydrogen-bond donors (Lipinski definition) is 1. The van der Waals surface area contributed by atoms with Gasteiger partial charge in [0, 0.05) is 37.3 Å². The van der Waals surface area contributed by atoms with Crippen molar-refractivity contribution in [3.8, 4) is 5.75 Å². The van der Waals surface area contributed by atoms with Gasteiger partial charge in [-0.3, -0.25) is 9.80 Å². The van der Waals surface area contributed by atoms with Crippen LogP contribution in [-0.2, 0) is 6.54 Å². The molecule has 1 unspecified atom stereocenters. The van der Waals surface area contributed by atoms with Crippen molar-refractivity contribution >= 4 is 11.3 Å². The van der Waals surface area contributed by atoms with Gasteiger partial charge in [0.15, 0.2) is 0 Å². The average molecular weight is 429 g/mol. The lowest BCUT2D eigenvalue weighted by Gasteiger charge is -2.47. The summed E-state index contributed by atoms with van der Waals surface area (Å²) in [5, 5.41) is 14.3. The van der Waals surface area contributed by atoms with E-state index in [9.17, 15) is 13.9 Å². The molecule has 0 aliphatic carbocycles. The van der Waals surface area contributed by atoms with Crippen LogP contribution in [0.5, 0.6) is 5.75 Å². The van der Waals surface area contributed by atoms with Gasteiger partial charge in [-0.2, -0.15) is 11.3 Å². The summed E-state index contributed by atoms with van der Waals surface area (Å²) in [7, 11) is 0. The molecule has 4 rings (SSSR count). The first-order valence-corrected chi connectivity index (χ1v) is 11.1. The summed E-state index contributed by atoms with van der Waals surface area (Å²) < 4.78 is 28.4. The van der Waals surface area contributed by atoms with Gasteiger partial charge in [0.05, 0.1) is 6.04 Å². The lowest BCUT2D eigenvalue weighted by Crippen LogP contribution is -2.56. The molecule has 1 aliphatic rings. The second-order valence-electron chi connectivity index (χ2n) is 8.08. The molecule has 30 heavy (non-hydrogen) atoms. The summed E-state index contributed by atoms with van der Waals surface area (Å²) in [5.41, 5.74) is 2.37. The largest absolute Gasteiger partial charge is 0.508 e. The predicted molar refractivity (Wildman–Crippen MR) is 117 cm³/mol. The van der Waals surface area contributed by atoms with Crippen molar-refractivity contribution in [3.63, 3.8) is 0 Å². The first kappa shape index (κ1) is 21.0. The lowest BCUT2D eigenvalue weighted by atomic mass is 9.95. The summed E-state index contributed by atoms with van der Waals surface area (Å²) >= 11 is 1.66. The molecule has 2 heterocycles. The zero-order valence-corrected chi connectivity index (χ0v) is 17.9. The summed E-state index contributed by atoms with van der Waals surface area (Å²) in [6.45, 7) is 5.97. The van der Waals surface area contributed by atoms with E-state index in [0.717, 1.165) is 12.1 Å². The van der Waals surface area contributed by atoms with E-state index in [1.807, 2.05) is 18.2 Å². The summed E-state index contributed by atoms with van der Waals surface area (Å²) in [5.74, 6) is -0.733. The zero-order valence-electron chi connectivity index (χ0n) is 17.1. The van der Waals surface area contributed by atoms with E-state index in [0.29, 0.717) is 6.54 Å². The highest BCUT2D eigenvalue weighted by atomic mass is 32.1. The molecule has 3 atom stereocenters. The number of phenolic OH excluding ortho intramolecular Hbond substituents is 1. The van der Waals surface area contributed by atoms with Crippen molar-refractivity contribution in [2.24, 2.45) is 0 Å². The standard InChI is InChI=1S/C24H26F2N2OS/c1-16-13-28(17(2)12-27(16)14-21-22(25)7-4-8-23(21)26)24(19-9-10-30-15-19)18-5-3-6-20(29)11-18/h3-11,15-17,24,29H,12-14H2,1-2H3/t16-,17+,24?/m1/s1. The minimum absolute atomic E-state index is 0.0214. The number of hydrogen-bond acceptors (Lipinski definition) is 4. The zero-order chi connectivity index (χ0) is 21.3. The Labute approximate surface area is 180 Å². The SMILES string of the molecule is C[C@@H]1CN(C(c2ccsc2)c2cccc(O)c2)[C@@H](C)CN1Cc1c(F)cccc1F. The Hall–Kier alpha value is -2.28. The molecule has 1 aromatic heterocycles. The number of halogens is 2. The van der Waals surface area contributed by atoms with Crippen LogP contribution < -0.4 is 0 Å². The second kappa shape index (κ2) is 8.84. The molecule has 6 heteroatoms. The fourth-order valence-corrected chi connectivity index (χ4v) is 5.07. The number of benzene rings is 2. The summed E-state index contributed by atoms with van der Waals surface area (Å²) in [6, 6.07) is 13.9. The topological polar surface area (TPSA) is 26.7 Å². The van der Waals surface area contributed by atoms with Crippen molar-refractivity contribution in [1.29, 1.82) is 0 Å². The Morgan fingerprint density at radius 1 is 1.00 bits per heavy atom. The van der Waals surface area contributed by atoms with E-state index in [4.69, 9.17) is 0 Å². The average Bonchev–Trinajstić information content (AvgIpc) is 3.23. The molecule has 0 spiro atoms. The van der Waals surface area contributed by atoms with Gasteiger partial charge < -0.3 is 5.11 Å². The number of nitrogens with zero attached hydrogens (tertiary/aromatic N) is 2. The van der Waals surface area contributed by atoms with Gasteiger partial charge >= 0.3 is 0 Å². The van der Waals surface area contributed by atoms with Gasteiger partial charge in [0.1, 0.15) is 17.4 Å². The summed E-state index contributed by atoms with van der Waals surface area (Å²) in [4.78, 5) is 4.57. The molecule has 3 nitrogen and oxygen atoms in total. The highest BCUT2D eigenvalue weighted by Gasteiger charge is 2.35. The minimum Gasteiger partial charge on any atom is -0.508 e. The van der Waals surface area contributed by atoms with Crippen molar-refractivity contribution in [3.05, 3.63) is 87.6 Å². The summed E-state index contributed by atoms with van der Waals surface area (Å²) in [6.07, 6.45) is 0. The number of thiophene rings is 1. The van der Waals surface area contributed by atoms with Crippen LogP contribution in [-0.4, -0.2) is 40.1 Å². The molecule has 1 aliphatic heterocycles. The number of piperazine rings is 1. The van der Waals surface area contributed by atoms with Crippen molar-refractivity contribution in [2.75, 3.05) is 13.1 Å². The van der Waals surface area contributed by atoms with Gasteiger partial charge in [0.2, 0.25) is 0 Å². The molecule has 3 aromatic rings. The van der Waals surface area contributed by atoms with E-state index in [1.165, 1.54) is 23.8 Å². The first-order valence-electron chi connectivity index (χ1n) is 10.2. The Bertz CT molecular complexity index is 974. The van der Waals surface area contributed by atoms with E-state index in [2.05, 4.69) is 40.5 Å². The molecule has 2 aromatic carbocycles. The van der Waals surface area contributed by atoms with E-state index in [-0.39, 0.29) is 36.0 Å². The maximum absolute atomic E-state index is 14.2. The van der Waals surface area contributed by atoms with Crippen LogP contribution >= 0.6 is 11.3 Å². The van der Waals surface area contributed by atoms with E-state index >= 15 is 0 Å². The Kier molecular flexibility index (Phi) is 6.18. The van der Waals surface area contributed by atoms with Crippen LogP contribution in [0.3, 0.4) is 0 Å². The van der Waals surface area contributed by atoms with Gasteiger partial charge in [-0.15, -0.1) is 0 Å². The van der Waals surface area contributed by atoms with Crippen LogP contribution in [0.15, 0.2) is 59.3 Å². The van der Waals surface area contributed by atoms with Crippen molar-refractivity contribution in [1.82, 2.24) is 9.80 Å². The highest BCUT2D eigenvalue weighted by Crippen LogP contribution is 2.35. The number of rotatable bonds is 5. The molecule has 1 fully saturated rings. The maximum Gasteiger partial charge on any atom is 0.130 e. The first-order chi connectivity index (χ1) is 14.4. The maximum atomic E-state index is 14.2. The van der Waals surface area contributed by atoms with Crippen molar-refractivity contribution < 1.29 is 13.9 Å². The third-order valence-corrected chi connectivity index (χ3v) is 6.66. The molecule has 1 saturated heterocycles. The van der Waals surface area contributed by atoms with Crippen LogP contribution in [0.4, 0.5) is 8.78 Å². The molecule has 0 saturated carbocycles. The van der Waals surface area contributed by atoms with Gasteiger partial charge in [-0.1, -0.05) is 18.2 Å². The monoisotopic (exact) mass is 428 g/mol. The molecule has 0 amide bonds. The van der Waals surface area contributed by atoms with Crippen molar-refractivity contribution in [2.45, 2.75) is 38.5 Å². The smallest absolute Gasteiger partial charge is 0.130 e.